The summed E-state index contributed by atoms with van der Waals surface area (Å²) < 4.78 is 2.23. The standard InChI is InChI=1S/C34H38N6O.CH4/c1-2-24-14-16-26(17-15-24)23-40-32(19-18-25-9-4-3-5-10-25)38-39-33(40)31(37-34(41)30-13-8-20-35-30)21-27-22-36-29-12-7-6-11-28(27)29;/h3-7,9-12,14-17,22,30-31,35-36H,2,8,13,18-21,23H2,1H3,(H,37,41);1H4/t30?,31-;/m1./s1. The quantitative estimate of drug-likeness (QED) is 0.186. The number of nitrogens with zero attached hydrogens (tertiary/aromatic N) is 3. The third kappa shape index (κ3) is 6.63. The Hall–Kier alpha value is -4.23. The Morgan fingerprint density at radius 3 is 2.48 bits per heavy atom. The molecule has 2 atom stereocenters. The molecule has 1 saturated heterocycles. The molecule has 218 valence electrons. The minimum Gasteiger partial charge on any atom is -0.361 e. The van der Waals surface area contributed by atoms with Gasteiger partial charge in [0.2, 0.25) is 5.91 Å². The van der Waals surface area contributed by atoms with E-state index in [-0.39, 0.29) is 25.4 Å². The van der Waals surface area contributed by atoms with Crippen molar-refractivity contribution < 1.29 is 4.79 Å². The molecule has 1 unspecified atom stereocenters. The van der Waals surface area contributed by atoms with Crippen LogP contribution in [-0.2, 0) is 37.0 Å². The van der Waals surface area contributed by atoms with E-state index >= 15 is 0 Å². The molecule has 0 saturated carbocycles. The fourth-order valence-corrected chi connectivity index (χ4v) is 5.84. The van der Waals surface area contributed by atoms with Crippen molar-refractivity contribution in [3.05, 3.63) is 119 Å². The molecule has 1 amide bonds. The molecule has 3 heterocycles. The minimum absolute atomic E-state index is 0. The molecule has 5 aromatic rings. The van der Waals surface area contributed by atoms with Crippen LogP contribution in [0.3, 0.4) is 0 Å². The number of hydrogen-bond acceptors (Lipinski definition) is 4. The van der Waals surface area contributed by atoms with Gasteiger partial charge in [-0.2, -0.15) is 0 Å². The van der Waals surface area contributed by atoms with Gasteiger partial charge in [-0.25, -0.2) is 0 Å². The number of carbonyl (C=O) groups is 1. The number of carbonyl (C=O) groups excluding carboxylic acids is 1. The van der Waals surface area contributed by atoms with Crippen LogP contribution >= 0.6 is 0 Å². The van der Waals surface area contributed by atoms with E-state index in [1.807, 2.05) is 12.1 Å². The Morgan fingerprint density at radius 2 is 1.71 bits per heavy atom. The zero-order valence-corrected chi connectivity index (χ0v) is 23.6. The van der Waals surface area contributed by atoms with E-state index in [9.17, 15) is 4.79 Å². The Morgan fingerprint density at radius 1 is 0.952 bits per heavy atom. The van der Waals surface area contributed by atoms with Crippen LogP contribution in [0.1, 0.15) is 67.1 Å². The Bertz CT molecular complexity index is 1580. The first-order chi connectivity index (χ1) is 20.2. The third-order valence-electron chi connectivity index (χ3n) is 8.21. The fraction of sp³-hybridized carbons (Fsp3) is 0.343. The number of fused-ring (bicyclic) bond motifs is 1. The Kier molecular flexibility index (Phi) is 9.49. The van der Waals surface area contributed by atoms with Crippen LogP contribution < -0.4 is 10.6 Å². The fourth-order valence-electron chi connectivity index (χ4n) is 5.84. The van der Waals surface area contributed by atoms with Crippen molar-refractivity contribution in [2.75, 3.05) is 6.54 Å². The highest BCUT2D eigenvalue weighted by atomic mass is 16.2. The lowest BCUT2D eigenvalue weighted by Gasteiger charge is -2.22. The molecule has 7 nitrogen and oxygen atoms in total. The summed E-state index contributed by atoms with van der Waals surface area (Å²) in [4.78, 5) is 16.8. The Balaban J connectivity index is 0.00000353. The van der Waals surface area contributed by atoms with Crippen LogP contribution in [-0.4, -0.2) is 38.2 Å². The van der Waals surface area contributed by atoms with E-state index in [4.69, 9.17) is 10.2 Å². The van der Waals surface area contributed by atoms with E-state index in [2.05, 4.69) is 100 Å². The molecular formula is C35H42N6O. The summed E-state index contributed by atoms with van der Waals surface area (Å²) in [5.41, 5.74) is 6.02. The van der Waals surface area contributed by atoms with Crippen molar-refractivity contribution in [2.45, 2.75) is 71.5 Å². The second kappa shape index (κ2) is 13.6. The number of benzene rings is 3. The molecule has 6 rings (SSSR count). The van der Waals surface area contributed by atoms with Crippen molar-refractivity contribution >= 4 is 16.8 Å². The minimum atomic E-state index is -0.322. The molecule has 1 aliphatic rings. The number of hydrogen-bond donors (Lipinski definition) is 3. The summed E-state index contributed by atoms with van der Waals surface area (Å²) in [6.45, 7) is 3.70. The first-order valence-electron chi connectivity index (χ1n) is 14.8. The van der Waals surface area contributed by atoms with Crippen LogP contribution in [0, 0.1) is 0 Å². The second-order valence-corrected chi connectivity index (χ2v) is 11.0. The topological polar surface area (TPSA) is 87.6 Å². The molecule has 1 aliphatic heterocycles. The predicted molar refractivity (Wildman–Crippen MR) is 169 cm³/mol. The predicted octanol–water partition coefficient (Wildman–Crippen LogP) is 5.94. The summed E-state index contributed by atoms with van der Waals surface area (Å²) in [6, 6.07) is 27.1. The average molecular weight is 563 g/mol. The lowest BCUT2D eigenvalue weighted by molar-refractivity contribution is -0.123. The summed E-state index contributed by atoms with van der Waals surface area (Å²) in [5.74, 6) is 1.75. The number of aromatic amines is 1. The van der Waals surface area contributed by atoms with Gasteiger partial charge >= 0.3 is 0 Å². The molecule has 0 aliphatic carbocycles. The maximum absolute atomic E-state index is 13.4. The number of amides is 1. The summed E-state index contributed by atoms with van der Waals surface area (Å²) in [5, 5.41) is 17.4. The molecule has 3 aromatic carbocycles. The van der Waals surface area contributed by atoms with Crippen LogP contribution in [0.4, 0.5) is 0 Å². The molecule has 0 bridgehead atoms. The molecule has 42 heavy (non-hydrogen) atoms. The van der Waals surface area contributed by atoms with E-state index in [1.54, 1.807) is 0 Å². The van der Waals surface area contributed by atoms with Crippen molar-refractivity contribution in [3.63, 3.8) is 0 Å². The van der Waals surface area contributed by atoms with Gasteiger partial charge in [-0.05, 0) is 60.5 Å². The Labute approximate surface area is 248 Å². The molecule has 7 heteroatoms. The highest BCUT2D eigenvalue weighted by Gasteiger charge is 2.29. The maximum atomic E-state index is 13.4. The van der Waals surface area contributed by atoms with E-state index < -0.39 is 0 Å². The van der Waals surface area contributed by atoms with Crippen LogP contribution in [0.5, 0.6) is 0 Å². The molecule has 0 radical (unpaired) electrons. The number of rotatable bonds is 11. The van der Waals surface area contributed by atoms with Gasteiger partial charge in [0, 0.05) is 29.9 Å². The lowest BCUT2D eigenvalue weighted by atomic mass is 10.0. The second-order valence-electron chi connectivity index (χ2n) is 11.0. The van der Waals surface area contributed by atoms with Gasteiger partial charge in [-0.1, -0.05) is 87.1 Å². The van der Waals surface area contributed by atoms with Crippen molar-refractivity contribution in [1.82, 2.24) is 30.4 Å². The highest BCUT2D eigenvalue weighted by Crippen LogP contribution is 2.26. The molecule has 1 fully saturated rings. The van der Waals surface area contributed by atoms with Gasteiger partial charge in [0.1, 0.15) is 5.82 Å². The number of aromatic nitrogens is 4. The first kappa shape index (κ1) is 29.3. The SMILES string of the molecule is C.CCc1ccc(Cn2c(CCc3ccccc3)nnc2[C@@H](Cc2c[nH]c3ccccc23)NC(=O)C2CCCN2)cc1. The zero-order valence-electron chi connectivity index (χ0n) is 23.6. The molecular weight excluding hydrogens is 520 g/mol. The van der Waals surface area contributed by atoms with Crippen LogP contribution in [0.15, 0.2) is 85.1 Å². The van der Waals surface area contributed by atoms with Gasteiger partial charge in [-0.3, -0.25) is 4.79 Å². The number of aryl methyl sites for hydroxylation is 3. The smallest absolute Gasteiger partial charge is 0.237 e. The number of nitrogens with one attached hydrogen (secondary N) is 3. The van der Waals surface area contributed by atoms with Crippen LogP contribution in [0.25, 0.3) is 10.9 Å². The summed E-state index contributed by atoms with van der Waals surface area (Å²) in [6.07, 6.45) is 7.19. The zero-order chi connectivity index (χ0) is 28.0. The maximum Gasteiger partial charge on any atom is 0.237 e. The van der Waals surface area contributed by atoms with Crippen LogP contribution in [0.2, 0.25) is 0 Å². The summed E-state index contributed by atoms with van der Waals surface area (Å²) >= 11 is 0. The van der Waals surface area contributed by atoms with Gasteiger partial charge < -0.3 is 20.2 Å². The molecule has 2 aromatic heterocycles. The van der Waals surface area contributed by atoms with Gasteiger partial charge in [0.15, 0.2) is 5.82 Å². The van der Waals surface area contributed by atoms with Gasteiger partial charge in [-0.15, -0.1) is 10.2 Å². The van der Waals surface area contributed by atoms with Crippen molar-refractivity contribution in [1.29, 1.82) is 0 Å². The van der Waals surface area contributed by atoms with E-state index in [1.165, 1.54) is 16.7 Å². The van der Waals surface area contributed by atoms with Crippen molar-refractivity contribution in [3.8, 4) is 0 Å². The highest BCUT2D eigenvalue weighted by molar-refractivity contribution is 5.84. The van der Waals surface area contributed by atoms with Crippen molar-refractivity contribution in [2.24, 2.45) is 0 Å². The van der Waals surface area contributed by atoms with E-state index in [0.717, 1.165) is 66.8 Å². The number of H-pyrrole nitrogens is 1. The average Bonchev–Trinajstić information content (AvgIpc) is 3.78. The normalized spacial score (nSPS) is 15.4. The number of para-hydroxylation sites is 1. The summed E-state index contributed by atoms with van der Waals surface area (Å²) in [7, 11) is 0. The largest absolute Gasteiger partial charge is 0.361 e. The van der Waals surface area contributed by atoms with E-state index in [0.29, 0.717) is 13.0 Å². The van der Waals surface area contributed by atoms with Gasteiger partial charge in [0.05, 0.1) is 18.6 Å². The monoisotopic (exact) mass is 562 g/mol. The third-order valence-corrected chi connectivity index (χ3v) is 8.21. The van der Waals surface area contributed by atoms with Gasteiger partial charge in [0.25, 0.3) is 0 Å². The first-order valence-corrected chi connectivity index (χ1v) is 14.8. The lowest BCUT2D eigenvalue weighted by Crippen LogP contribution is -2.43. The molecule has 0 spiro atoms. The molecule has 3 N–H and O–H groups in total.